The molecule has 8 nitrogen and oxygen atoms in total. The summed E-state index contributed by atoms with van der Waals surface area (Å²) in [4.78, 5) is 11.0. The van der Waals surface area contributed by atoms with Crippen LogP contribution in [0.5, 0.6) is 0 Å². The van der Waals surface area contributed by atoms with E-state index in [2.05, 4.69) is 20.2 Å². The number of carbonyl (C=O) groups is 1. The number of H-pyrrole nitrogens is 1. The maximum atomic E-state index is 11.7. The summed E-state index contributed by atoms with van der Waals surface area (Å²) in [5.41, 5.74) is 5.38. The maximum Gasteiger partial charge on any atom is 0.246 e. The number of anilines is 1. The van der Waals surface area contributed by atoms with Gasteiger partial charge in [0.2, 0.25) is 15.9 Å². The van der Waals surface area contributed by atoms with Crippen LogP contribution in [0.1, 0.15) is 13.3 Å². The summed E-state index contributed by atoms with van der Waals surface area (Å²) in [5.74, 6) is -0.455. The lowest BCUT2D eigenvalue weighted by molar-refractivity contribution is -0.119. The first-order valence-corrected chi connectivity index (χ1v) is 6.51. The standard InChI is InChI=1S/C8H15N5O3S/c1-2-3-10-7(14)5-12-17(15,16)6-4-11-13-8(6)9/h4,12H,2-3,5H2,1H3,(H,10,14)(H3,9,11,13). The number of nitrogen functional groups attached to an aromatic ring is 1. The third kappa shape index (κ3) is 3.71. The lowest BCUT2D eigenvalue weighted by atomic mass is 10.5. The van der Waals surface area contributed by atoms with Crippen LogP contribution in [0.2, 0.25) is 0 Å². The smallest absolute Gasteiger partial charge is 0.246 e. The van der Waals surface area contributed by atoms with Crippen LogP contribution in [0.3, 0.4) is 0 Å². The molecule has 0 unspecified atom stereocenters. The molecule has 17 heavy (non-hydrogen) atoms. The molecular weight excluding hydrogens is 246 g/mol. The first kappa shape index (κ1) is 13.5. The molecule has 1 aromatic heterocycles. The number of amides is 1. The van der Waals surface area contributed by atoms with Gasteiger partial charge in [0.1, 0.15) is 10.7 Å². The Morgan fingerprint density at radius 2 is 2.29 bits per heavy atom. The van der Waals surface area contributed by atoms with Crippen molar-refractivity contribution in [3.8, 4) is 0 Å². The average Bonchev–Trinajstić information content (AvgIpc) is 2.71. The Labute approximate surface area is 99.0 Å². The van der Waals surface area contributed by atoms with Gasteiger partial charge < -0.3 is 11.1 Å². The van der Waals surface area contributed by atoms with E-state index in [0.29, 0.717) is 6.54 Å². The number of aromatic amines is 1. The topological polar surface area (TPSA) is 130 Å². The first-order chi connectivity index (χ1) is 7.97. The minimum Gasteiger partial charge on any atom is -0.383 e. The Bertz CT molecular complexity index is 481. The first-order valence-electron chi connectivity index (χ1n) is 5.02. The maximum absolute atomic E-state index is 11.7. The van der Waals surface area contributed by atoms with Crippen molar-refractivity contribution in [3.63, 3.8) is 0 Å². The second-order valence-corrected chi connectivity index (χ2v) is 5.06. The Morgan fingerprint density at radius 3 is 2.82 bits per heavy atom. The van der Waals surface area contributed by atoms with Gasteiger partial charge in [-0.15, -0.1) is 0 Å². The van der Waals surface area contributed by atoms with E-state index >= 15 is 0 Å². The molecule has 0 aliphatic carbocycles. The minimum atomic E-state index is -3.80. The molecule has 0 atom stereocenters. The number of hydrogen-bond donors (Lipinski definition) is 4. The van der Waals surface area contributed by atoms with Crippen molar-refractivity contribution in [3.05, 3.63) is 6.20 Å². The molecule has 5 N–H and O–H groups in total. The summed E-state index contributed by atoms with van der Waals surface area (Å²) < 4.78 is 25.5. The van der Waals surface area contributed by atoms with Crippen molar-refractivity contribution < 1.29 is 13.2 Å². The summed E-state index contributed by atoms with van der Waals surface area (Å²) in [5, 5.41) is 8.34. The molecule has 1 amide bonds. The molecule has 0 bridgehead atoms. The fourth-order valence-electron chi connectivity index (χ4n) is 1.06. The number of carbonyl (C=O) groups excluding carboxylic acids is 1. The molecule has 0 radical (unpaired) electrons. The summed E-state index contributed by atoms with van der Waals surface area (Å²) in [6.07, 6.45) is 1.87. The molecule has 96 valence electrons. The van der Waals surface area contributed by atoms with Crippen molar-refractivity contribution in [1.82, 2.24) is 20.2 Å². The zero-order valence-electron chi connectivity index (χ0n) is 9.36. The summed E-state index contributed by atoms with van der Waals surface area (Å²) in [7, 11) is -3.80. The number of aromatic nitrogens is 2. The predicted octanol–water partition coefficient (Wildman–Crippen LogP) is -1.20. The highest BCUT2D eigenvalue weighted by atomic mass is 32.2. The third-order valence-corrected chi connectivity index (χ3v) is 3.35. The van der Waals surface area contributed by atoms with Crippen LogP contribution < -0.4 is 15.8 Å². The average molecular weight is 261 g/mol. The number of nitrogens with zero attached hydrogens (tertiary/aromatic N) is 1. The highest BCUT2D eigenvalue weighted by molar-refractivity contribution is 7.89. The van der Waals surface area contributed by atoms with Crippen LogP contribution >= 0.6 is 0 Å². The second kappa shape index (κ2) is 5.64. The van der Waals surface area contributed by atoms with Gasteiger partial charge in [0.25, 0.3) is 0 Å². The second-order valence-electron chi connectivity index (χ2n) is 3.32. The highest BCUT2D eigenvalue weighted by Crippen LogP contribution is 2.12. The van der Waals surface area contributed by atoms with E-state index in [1.807, 2.05) is 6.92 Å². The van der Waals surface area contributed by atoms with E-state index in [-0.39, 0.29) is 17.3 Å². The molecule has 1 rings (SSSR count). The van der Waals surface area contributed by atoms with E-state index < -0.39 is 15.9 Å². The van der Waals surface area contributed by atoms with Crippen LogP contribution in [0.15, 0.2) is 11.1 Å². The Morgan fingerprint density at radius 1 is 1.59 bits per heavy atom. The van der Waals surface area contributed by atoms with Crippen LogP contribution in [0.4, 0.5) is 5.82 Å². The van der Waals surface area contributed by atoms with Gasteiger partial charge in [-0.1, -0.05) is 6.92 Å². The lowest BCUT2D eigenvalue weighted by Gasteiger charge is -2.06. The normalized spacial score (nSPS) is 11.4. The predicted molar refractivity (Wildman–Crippen MR) is 61.5 cm³/mol. The van der Waals surface area contributed by atoms with Gasteiger partial charge >= 0.3 is 0 Å². The molecule has 0 aliphatic heterocycles. The van der Waals surface area contributed by atoms with Gasteiger partial charge in [0, 0.05) is 6.54 Å². The van der Waals surface area contributed by atoms with E-state index in [4.69, 9.17) is 5.73 Å². The molecule has 0 fully saturated rings. The van der Waals surface area contributed by atoms with Gasteiger partial charge in [0.15, 0.2) is 0 Å². The Kier molecular flexibility index (Phi) is 4.46. The van der Waals surface area contributed by atoms with Crippen molar-refractivity contribution >= 4 is 21.7 Å². The highest BCUT2D eigenvalue weighted by Gasteiger charge is 2.19. The van der Waals surface area contributed by atoms with Crippen molar-refractivity contribution in [1.29, 1.82) is 0 Å². The van der Waals surface area contributed by atoms with E-state index in [9.17, 15) is 13.2 Å². The molecule has 0 spiro atoms. The zero-order valence-corrected chi connectivity index (χ0v) is 10.2. The zero-order chi connectivity index (χ0) is 12.9. The monoisotopic (exact) mass is 261 g/mol. The summed E-state index contributed by atoms with van der Waals surface area (Å²) >= 11 is 0. The van der Waals surface area contributed by atoms with Gasteiger partial charge in [-0.05, 0) is 6.42 Å². The third-order valence-electron chi connectivity index (χ3n) is 1.92. The molecule has 1 heterocycles. The van der Waals surface area contributed by atoms with Crippen LogP contribution in [-0.2, 0) is 14.8 Å². The number of nitrogens with two attached hydrogens (primary N) is 1. The molecule has 1 aromatic rings. The molecule has 0 saturated heterocycles. The fourth-order valence-corrected chi connectivity index (χ4v) is 2.07. The number of rotatable bonds is 6. The largest absolute Gasteiger partial charge is 0.383 e. The van der Waals surface area contributed by atoms with E-state index in [1.54, 1.807) is 0 Å². The van der Waals surface area contributed by atoms with E-state index in [0.717, 1.165) is 12.6 Å². The van der Waals surface area contributed by atoms with Crippen molar-refractivity contribution in [2.45, 2.75) is 18.2 Å². The van der Waals surface area contributed by atoms with Crippen molar-refractivity contribution in [2.24, 2.45) is 0 Å². The minimum absolute atomic E-state index is 0.0635. The number of hydrogen-bond acceptors (Lipinski definition) is 5. The molecule has 0 aromatic carbocycles. The van der Waals surface area contributed by atoms with Crippen LogP contribution in [-0.4, -0.2) is 37.6 Å². The van der Waals surface area contributed by atoms with Gasteiger partial charge in [-0.3, -0.25) is 9.89 Å². The van der Waals surface area contributed by atoms with Gasteiger partial charge in [0.05, 0.1) is 12.7 Å². The van der Waals surface area contributed by atoms with Crippen LogP contribution in [0, 0.1) is 0 Å². The molecule has 0 saturated carbocycles. The van der Waals surface area contributed by atoms with Crippen LogP contribution in [0.25, 0.3) is 0 Å². The molecule has 0 aliphatic rings. The lowest BCUT2D eigenvalue weighted by Crippen LogP contribution is -2.37. The molecular formula is C8H15N5O3S. The SMILES string of the molecule is CCCNC(=O)CNS(=O)(=O)c1cn[nH]c1N. The number of sulfonamides is 1. The fraction of sp³-hybridized carbons (Fsp3) is 0.500. The number of nitrogens with one attached hydrogen (secondary N) is 3. The van der Waals surface area contributed by atoms with Crippen molar-refractivity contribution in [2.75, 3.05) is 18.8 Å². The molecule has 9 heteroatoms. The summed E-state index contributed by atoms with van der Waals surface area (Å²) in [6, 6.07) is 0. The Balaban J connectivity index is 2.57. The van der Waals surface area contributed by atoms with Gasteiger partial charge in [-0.25, -0.2) is 13.1 Å². The van der Waals surface area contributed by atoms with E-state index in [1.165, 1.54) is 0 Å². The van der Waals surface area contributed by atoms with Gasteiger partial charge in [-0.2, -0.15) is 5.10 Å². The summed E-state index contributed by atoms with van der Waals surface area (Å²) in [6.45, 7) is 2.08. The Hall–Kier alpha value is -1.61. The quantitative estimate of drug-likeness (QED) is 0.511.